The summed E-state index contributed by atoms with van der Waals surface area (Å²) in [6.45, 7) is 1.54. The molecule has 128 valence electrons. The molecule has 1 aromatic carbocycles. The topological polar surface area (TPSA) is 89.8 Å². The first-order valence-electron chi connectivity index (χ1n) is 7.49. The quantitative estimate of drug-likeness (QED) is 0.700. The zero-order valence-corrected chi connectivity index (χ0v) is 14.2. The van der Waals surface area contributed by atoms with Crippen LogP contribution in [-0.2, 0) is 16.1 Å². The minimum absolute atomic E-state index is 0.122. The van der Waals surface area contributed by atoms with Gasteiger partial charge in [-0.15, -0.1) is 11.3 Å². The molecule has 0 bridgehead atoms. The molecule has 0 aliphatic heterocycles. The number of thiazole rings is 1. The van der Waals surface area contributed by atoms with Crippen molar-refractivity contribution in [2.24, 2.45) is 0 Å². The molecule has 0 saturated heterocycles. The smallest absolute Gasteiger partial charge is 0.325 e. The lowest BCUT2D eigenvalue weighted by Gasteiger charge is -2.06. The van der Waals surface area contributed by atoms with Crippen LogP contribution in [0.4, 0.5) is 0 Å². The van der Waals surface area contributed by atoms with Crippen molar-refractivity contribution in [1.82, 2.24) is 14.7 Å². The number of benzene rings is 1. The molecule has 0 aliphatic carbocycles. The summed E-state index contributed by atoms with van der Waals surface area (Å²) in [6, 6.07) is 8.32. The molecule has 2 aromatic heterocycles. The van der Waals surface area contributed by atoms with Crippen molar-refractivity contribution < 1.29 is 14.3 Å². The van der Waals surface area contributed by atoms with Crippen molar-refractivity contribution in [3.63, 3.8) is 0 Å². The Bertz CT molecular complexity index is 975. The lowest BCUT2D eigenvalue weighted by Crippen LogP contribution is -2.30. The van der Waals surface area contributed by atoms with Crippen molar-refractivity contribution in [3.8, 4) is 0 Å². The van der Waals surface area contributed by atoms with Gasteiger partial charge < -0.3 is 10.1 Å². The maximum Gasteiger partial charge on any atom is 0.325 e. The molecule has 1 N–H and O–H groups in total. The fourth-order valence-corrected chi connectivity index (χ4v) is 2.87. The first-order chi connectivity index (χ1) is 12.0. The molecule has 7 nitrogen and oxygen atoms in total. The number of nitrogens with one attached hydrogen (secondary N) is 1. The van der Waals surface area contributed by atoms with Crippen molar-refractivity contribution in [2.75, 3.05) is 6.54 Å². The van der Waals surface area contributed by atoms with Gasteiger partial charge in [-0.3, -0.25) is 18.8 Å². The summed E-state index contributed by atoms with van der Waals surface area (Å²) in [7, 11) is 0. The van der Waals surface area contributed by atoms with E-state index in [1.807, 2.05) is 19.1 Å². The number of esters is 1. The molecule has 8 heteroatoms. The van der Waals surface area contributed by atoms with Crippen LogP contribution in [-0.4, -0.2) is 27.8 Å². The fourth-order valence-electron chi connectivity index (χ4n) is 2.13. The number of nitrogens with zero attached hydrogens (tertiary/aromatic N) is 2. The van der Waals surface area contributed by atoms with Crippen LogP contribution in [0.2, 0.25) is 0 Å². The van der Waals surface area contributed by atoms with E-state index in [-0.39, 0.29) is 24.6 Å². The largest absolute Gasteiger partial charge is 0.458 e. The second-order valence-electron chi connectivity index (χ2n) is 5.35. The second-order valence-corrected chi connectivity index (χ2v) is 6.22. The van der Waals surface area contributed by atoms with Crippen LogP contribution >= 0.6 is 11.3 Å². The molecule has 1 amide bonds. The van der Waals surface area contributed by atoms with Crippen LogP contribution in [0.3, 0.4) is 0 Å². The summed E-state index contributed by atoms with van der Waals surface area (Å²) in [5.74, 6) is -0.957. The Balaban J connectivity index is 1.53. The Morgan fingerprint density at radius 2 is 2.04 bits per heavy atom. The Kier molecular flexibility index (Phi) is 4.90. The van der Waals surface area contributed by atoms with Crippen molar-refractivity contribution in [1.29, 1.82) is 0 Å². The summed E-state index contributed by atoms with van der Waals surface area (Å²) >= 11 is 1.32. The number of fused-ring (bicyclic) bond motifs is 1. The van der Waals surface area contributed by atoms with E-state index in [0.717, 1.165) is 5.56 Å². The number of amides is 1. The Morgan fingerprint density at radius 1 is 1.28 bits per heavy atom. The highest BCUT2D eigenvalue weighted by Crippen LogP contribution is 2.07. The van der Waals surface area contributed by atoms with E-state index in [9.17, 15) is 14.4 Å². The van der Waals surface area contributed by atoms with Gasteiger partial charge in [0, 0.05) is 23.2 Å². The number of ether oxygens (including phenoxy) is 1. The van der Waals surface area contributed by atoms with E-state index in [1.54, 1.807) is 23.7 Å². The molecular formula is C17H15N3O4S. The number of aryl methyl sites for hydroxylation is 1. The summed E-state index contributed by atoms with van der Waals surface area (Å²) in [5.41, 5.74) is 1.65. The third-order valence-electron chi connectivity index (χ3n) is 3.44. The summed E-state index contributed by atoms with van der Waals surface area (Å²) in [5, 5.41) is 4.24. The van der Waals surface area contributed by atoms with Gasteiger partial charge in [-0.05, 0) is 19.1 Å². The molecule has 0 unspecified atom stereocenters. The van der Waals surface area contributed by atoms with Gasteiger partial charge >= 0.3 is 5.97 Å². The van der Waals surface area contributed by atoms with Gasteiger partial charge in [0.25, 0.3) is 11.5 Å². The Hall–Kier alpha value is -3.00. The maximum absolute atomic E-state index is 11.9. The molecule has 0 fully saturated rings. The van der Waals surface area contributed by atoms with Gasteiger partial charge in [0.15, 0.2) is 4.96 Å². The van der Waals surface area contributed by atoms with E-state index in [1.165, 1.54) is 21.8 Å². The molecule has 25 heavy (non-hydrogen) atoms. The molecule has 0 atom stereocenters. The van der Waals surface area contributed by atoms with Crippen LogP contribution < -0.4 is 10.9 Å². The standard InChI is InChI=1S/C17H15N3O4S/c1-11-2-4-12(5-3-11)16(23)18-9-15(22)24-10-13-8-14(21)20-6-7-25-17(20)19-13/h2-8H,9-10H2,1H3,(H,18,23). The third-order valence-corrected chi connectivity index (χ3v) is 4.20. The maximum atomic E-state index is 11.9. The van der Waals surface area contributed by atoms with Gasteiger partial charge in [-0.1, -0.05) is 17.7 Å². The molecule has 0 spiro atoms. The minimum atomic E-state index is -0.603. The molecule has 2 heterocycles. The van der Waals surface area contributed by atoms with Crippen LogP contribution in [0.1, 0.15) is 21.6 Å². The number of hydrogen-bond donors (Lipinski definition) is 1. The number of rotatable bonds is 5. The highest BCUT2D eigenvalue weighted by Gasteiger charge is 2.10. The Morgan fingerprint density at radius 3 is 2.80 bits per heavy atom. The van der Waals surface area contributed by atoms with Gasteiger partial charge in [-0.2, -0.15) is 0 Å². The Labute approximate surface area is 146 Å². The number of carbonyl (C=O) groups is 2. The monoisotopic (exact) mass is 357 g/mol. The number of aromatic nitrogens is 2. The first-order valence-corrected chi connectivity index (χ1v) is 8.37. The highest BCUT2D eigenvalue weighted by molar-refractivity contribution is 7.15. The predicted molar refractivity (Wildman–Crippen MR) is 92.6 cm³/mol. The van der Waals surface area contributed by atoms with E-state index in [2.05, 4.69) is 10.3 Å². The van der Waals surface area contributed by atoms with Crippen molar-refractivity contribution in [3.05, 3.63) is 69.1 Å². The zero-order valence-electron chi connectivity index (χ0n) is 13.4. The molecule has 3 rings (SSSR count). The summed E-state index contributed by atoms with van der Waals surface area (Å²) in [6.07, 6.45) is 1.63. The van der Waals surface area contributed by atoms with Crippen LogP contribution in [0.5, 0.6) is 0 Å². The highest BCUT2D eigenvalue weighted by atomic mass is 32.1. The molecule has 3 aromatic rings. The predicted octanol–water partition coefficient (Wildman–Crippen LogP) is 1.54. The average molecular weight is 357 g/mol. The van der Waals surface area contributed by atoms with Gasteiger partial charge in [-0.25, -0.2) is 4.98 Å². The summed E-state index contributed by atoms with van der Waals surface area (Å²) in [4.78, 5) is 40.3. The lowest BCUT2D eigenvalue weighted by molar-refractivity contribution is -0.143. The van der Waals surface area contributed by atoms with Crippen molar-refractivity contribution in [2.45, 2.75) is 13.5 Å². The minimum Gasteiger partial charge on any atom is -0.458 e. The molecule has 0 saturated carbocycles. The van der Waals surface area contributed by atoms with E-state index in [0.29, 0.717) is 16.2 Å². The number of carbonyl (C=O) groups excluding carboxylic acids is 2. The van der Waals surface area contributed by atoms with Crippen molar-refractivity contribution >= 4 is 28.2 Å². The van der Waals surface area contributed by atoms with E-state index >= 15 is 0 Å². The second kappa shape index (κ2) is 7.27. The molecule has 0 aliphatic rings. The average Bonchev–Trinajstić information content (AvgIpc) is 3.07. The third kappa shape index (κ3) is 4.10. The van der Waals surface area contributed by atoms with E-state index in [4.69, 9.17) is 4.74 Å². The van der Waals surface area contributed by atoms with Gasteiger partial charge in [0.05, 0.1) is 5.69 Å². The SMILES string of the molecule is Cc1ccc(C(=O)NCC(=O)OCc2cc(=O)n3ccsc3n2)cc1. The lowest BCUT2D eigenvalue weighted by atomic mass is 10.1. The first kappa shape index (κ1) is 16.8. The van der Waals surface area contributed by atoms with Crippen LogP contribution in [0.25, 0.3) is 4.96 Å². The van der Waals surface area contributed by atoms with Crippen LogP contribution in [0, 0.1) is 6.92 Å². The normalized spacial score (nSPS) is 10.6. The van der Waals surface area contributed by atoms with E-state index < -0.39 is 5.97 Å². The summed E-state index contributed by atoms with van der Waals surface area (Å²) < 4.78 is 6.47. The molecule has 0 radical (unpaired) electrons. The van der Waals surface area contributed by atoms with Gasteiger partial charge in [0.2, 0.25) is 0 Å². The van der Waals surface area contributed by atoms with Gasteiger partial charge in [0.1, 0.15) is 13.2 Å². The fraction of sp³-hybridized carbons (Fsp3) is 0.176. The van der Waals surface area contributed by atoms with Crippen LogP contribution in [0.15, 0.2) is 46.7 Å². The number of hydrogen-bond acceptors (Lipinski definition) is 6. The zero-order chi connectivity index (χ0) is 17.8. The molecular weight excluding hydrogens is 342 g/mol.